The van der Waals surface area contributed by atoms with Gasteiger partial charge >= 0.3 is 0 Å². The van der Waals surface area contributed by atoms with E-state index in [1.807, 2.05) is 30.3 Å². The number of hydrogen-bond donors (Lipinski definition) is 1. The van der Waals surface area contributed by atoms with E-state index in [9.17, 15) is 9.59 Å². The summed E-state index contributed by atoms with van der Waals surface area (Å²) in [5.74, 6) is 1.05. The molecule has 0 spiro atoms. The molecule has 1 aliphatic heterocycles. The second-order valence-electron chi connectivity index (χ2n) is 7.21. The Kier molecular flexibility index (Phi) is 4.79. The summed E-state index contributed by atoms with van der Waals surface area (Å²) in [6.45, 7) is 3.53. The number of nitrogens with one attached hydrogen (secondary N) is 1. The van der Waals surface area contributed by atoms with E-state index in [1.54, 1.807) is 22.7 Å². The van der Waals surface area contributed by atoms with E-state index < -0.39 is 6.10 Å². The van der Waals surface area contributed by atoms with E-state index in [1.165, 1.54) is 12.8 Å². The summed E-state index contributed by atoms with van der Waals surface area (Å²) in [6, 6.07) is 9.33. The molecule has 1 aliphatic carbocycles. The molecule has 2 heterocycles. The van der Waals surface area contributed by atoms with Gasteiger partial charge in [0.15, 0.2) is 11.8 Å². The molecule has 0 bridgehead atoms. The van der Waals surface area contributed by atoms with Crippen LogP contribution >= 0.6 is 0 Å². The SMILES string of the molecule is CC(Oc1ccccc1)C(=O)N1CC(n2cc(C(=O)NCC3CC3)nn2)C1. The Morgan fingerprint density at radius 2 is 2.00 bits per heavy atom. The summed E-state index contributed by atoms with van der Waals surface area (Å²) in [5, 5.41) is 10.9. The van der Waals surface area contributed by atoms with Crippen molar-refractivity contribution >= 4 is 11.8 Å². The van der Waals surface area contributed by atoms with Crippen molar-refractivity contribution < 1.29 is 14.3 Å². The van der Waals surface area contributed by atoms with Crippen molar-refractivity contribution in [3.63, 3.8) is 0 Å². The molecule has 4 rings (SSSR count). The van der Waals surface area contributed by atoms with Gasteiger partial charge in [-0.15, -0.1) is 5.10 Å². The number of rotatable bonds is 7. The molecule has 1 aromatic carbocycles. The Bertz CT molecular complexity index is 812. The van der Waals surface area contributed by atoms with Crippen LogP contribution in [0.3, 0.4) is 0 Å². The van der Waals surface area contributed by atoms with Crippen molar-refractivity contribution in [3.05, 3.63) is 42.2 Å². The molecule has 142 valence electrons. The number of para-hydroxylation sites is 1. The number of aromatic nitrogens is 3. The minimum Gasteiger partial charge on any atom is -0.481 e. The van der Waals surface area contributed by atoms with Crippen molar-refractivity contribution in [2.24, 2.45) is 5.92 Å². The first kappa shape index (κ1) is 17.5. The number of amides is 2. The normalized spacial score (nSPS) is 17.9. The highest BCUT2D eigenvalue weighted by atomic mass is 16.5. The maximum atomic E-state index is 12.5. The lowest BCUT2D eigenvalue weighted by Gasteiger charge is -2.40. The average molecular weight is 369 g/mol. The van der Waals surface area contributed by atoms with Crippen LogP contribution in [-0.4, -0.2) is 57.4 Å². The van der Waals surface area contributed by atoms with Gasteiger partial charge in [-0.2, -0.15) is 0 Å². The van der Waals surface area contributed by atoms with Gasteiger partial charge in [-0.25, -0.2) is 4.68 Å². The van der Waals surface area contributed by atoms with Crippen LogP contribution in [0, 0.1) is 5.92 Å². The van der Waals surface area contributed by atoms with Gasteiger partial charge < -0.3 is 15.0 Å². The summed E-state index contributed by atoms with van der Waals surface area (Å²) >= 11 is 0. The maximum Gasteiger partial charge on any atom is 0.273 e. The molecule has 1 N–H and O–H groups in total. The molecular formula is C19H23N5O3. The summed E-state index contributed by atoms with van der Waals surface area (Å²) < 4.78 is 7.35. The van der Waals surface area contributed by atoms with E-state index in [0.29, 0.717) is 37.0 Å². The number of ether oxygens (including phenoxy) is 1. The van der Waals surface area contributed by atoms with Gasteiger partial charge in [-0.3, -0.25) is 9.59 Å². The van der Waals surface area contributed by atoms with Crippen LogP contribution in [0.25, 0.3) is 0 Å². The second kappa shape index (κ2) is 7.38. The van der Waals surface area contributed by atoms with Gasteiger partial charge in [-0.1, -0.05) is 23.4 Å². The zero-order valence-electron chi connectivity index (χ0n) is 15.2. The van der Waals surface area contributed by atoms with Crippen LogP contribution in [0.4, 0.5) is 0 Å². The number of carbonyl (C=O) groups excluding carboxylic acids is 2. The Labute approximate surface area is 157 Å². The Balaban J connectivity index is 1.26. The number of carbonyl (C=O) groups is 2. The maximum absolute atomic E-state index is 12.5. The van der Waals surface area contributed by atoms with E-state index in [4.69, 9.17) is 4.74 Å². The van der Waals surface area contributed by atoms with Gasteiger partial charge in [0, 0.05) is 19.6 Å². The first-order valence-electron chi connectivity index (χ1n) is 9.30. The topological polar surface area (TPSA) is 89.4 Å². The van der Waals surface area contributed by atoms with Crippen LogP contribution in [0.2, 0.25) is 0 Å². The molecule has 2 aliphatic rings. The summed E-state index contributed by atoms with van der Waals surface area (Å²) in [6.07, 6.45) is 3.47. The van der Waals surface area contributed by atoms with Crippen LogP contribution < -0.4 is 10.1 Å². The van der Waals surface area contributed by atoms with Gasteiger partial charge in [0.25, 0.3) is 11.8 Å². The van der Waals surface area contributed by atoms with E-state index in [0.717, 1.165) is 0 Å². The Morgan fingerprint density at radius 1 is 1.26 bits per heavy atom. The fourth-order valence-corrected chi connectivity index (χ4v) is 3.02. The van der Waals surface area contributed by atoms with Crippen molar-refractivity contribution in [1.82, 2.24) is 25.2 Å². The third-order valence-electron chi connectivity index (χ3n) is 4.94. The fraction of sp³-hybridized carbons (Fsp3) is 0.474. The molecule has 0 radical (unpaired) electrons. The third kappa shape index (κ3) is 4.10. The molecular weight excluding hydrogens is 346 g/mol. The van der Waals surface area contributed by atoms with Crippen molar-refractivity contribution in [2.45, 2.75) is 31.9 Å². The van der Waals surface area contributed by atoms with Crippen LogP contribution in [0.5, 0.6) is 5.75 Å². The van der Waals surface area contributed by atoms with Gasteiger partial charge in [0.2, 0.25) is 0 Å². The molecule has 1 atom stereocenters. The first-order valence-corrected chi connectivity index (χ1v) is 9.30. The van der Waals surface area contributed by atoms with Crippen LogP contribution in [-0.2, 0) is 4.79 Å². The zero-order chi connectivity index (χ0) is 18.8. The highest BCUT2D eigenvalue weighted by molar-refractivity contribution is 5.91. The van der Waals surface area contributed by atoms with Gasteiger partial charge in [0.1, 0.15) is 5.75 Å². The lowest BCUT2D eigenvalue weighted by Crippen LogP contribution is -2.54. The van der Waals surface area contributed by atoms with Crippen LogP contribution in [0.15, 0.2) is 36.5 Å². The molecule has 2 aromatic rings. The number of benzene rings is 1. The number of likely N-dealkylation sites (tertiary alicyclic amines) is 1. The lowest BCUT2D eigenvalue weighted by atomic mass is 10.1. The summed E-state index contributed by atoms with van der Waals surface area (Å²) in [5.41, 5.74) is 0.321. The molecule has 1 unspecified atom stereocenters. The molecule has 8 heteroatoms. The quantitative estimate of drug-likeness (QED) is 0.794. The molecule has 27 heavy (non-hydrogen) atoms. The lowest BCUT2D eigenvalue weighted by molar-refractivity contribution is -0.144. The predicted molar refractivity (Wildman–Crippen MR) is 97.2 cm³/mol. The van der Waals surface area contributed by atoms with E-state index >= 15 is 0 Å². The first-order chi connectivity index (χ1) is 13.1. The largest absolute Gasteiger partial charge is 0.481 e. The fourth-order valence-electron chi connectivity index (χ4n) is 3.02. The van der Waals surface area contributed by atoms with Crippen LogP contribution in [0.1, 0.15) is 36.3 Å². The number of nitrogens with zero attached hydrogens (tertiary/aromatic N) is 4. The van der Waals surface area contributed by atoms with Crippen molar-refractivity contribution in [2.75, 3.05) is 19.6 Å². The molecule has 2 fully saturated rings. The van der Waals surface area contributed by atoms with Gasteiger partial charge in [-0.05, 0) is 37.8 Å². The Hall–Kier alpha value is -2.90. The molecule has 8 nitrogen and oxygen atoms in total. The summed E-state index contributed by atoms with van der Waals surface area (Å²) in [4.78, 5) is 26.2. The molecule has 1 saturated carbocycles. The monoisotopic (exact) mass is 369 g/mol. The highest BCUT2D eigenvalue weighted by Gasteiger charge is 2.36. The van der Waals surface area contributed by atoms with Gasteiger partial charge in [0.05, 0.1) is 12.2 Å². The van der Waals surface area contributed by atoms with E-state index in [-0.39, 0.29) is 17.9 Å². The molecule has 1 aromatic heterocycles. The van der Waals surface area contributed by atoms with E-state index in [2.05, 4.69) is 15.6 Å². The van der Waals surface area contributed by atoms with Crippen molar-refractivity contribution in [3.8, 4) is 5.75 Å². The smallest absolute Gasteiger partial charge is 0.273 e. The average Bonchev–Trinajstić information content (AvgIpc) is 3.35. The minimum absolute atomic E-state index is 0.0374. The standard InChI is InChI=1S/C19H23N5O3/c1-13(27-16-5-3-2-4-6-16)19(26)23-10-15(11-23)24-12-17(21-22-24)18(25)20-9-14-7-8-14/h2-6,12-15H,7-11H2,1H3,(H,20,25). The number of hydrogen-bond acceptors (Lipinski definition) is 5. The Morgan fingerprint density at radius 3 is 2.70 bits per heavy atom. The minimum atomic E-state index is -0.548. The molecule has 2 amide bonds. The highest BCUT2D eigenvalue weighted by Crippen LogP contribution is 2.27. The van der Waals surface area contributed by atoms with Crippen molar-refractivity contribution in [1.29, 1.82) is 0 Å². The molecule has 1 saturated heterocycles. The zero-order valence-corrected chi connectivity index (χ0v) is 15.2. The summed E-state index contributed by atoms with van der Waals surface area (Å²) in [7, 11) is 0. The third-order valence-corrected chi connectivity index (χ3v) is 4.94. The predicted octanol–water partition coefficient (Wildman–Crippen LogP) is 1.27. The second-order valence-corrected chi connectivity index (χ2v) is 7.21.